The Bertz CT molecular complexity index is 890. The topological polar surface area (TPSA) is 98.1 Å². The minimum atomic E-state index is -0.292. The summed E-state index contributed by atoms with van der Waals surface area (Å²) in [6.07, 6.45) is 6.11. The Balaban J connectivity index is 1.48. The minimum Gasteiger partial charge on any atom is -0.497 e. The van der Waals surface area contributed by atoms with Crippen molar-refractivity contribution in [3.63, 3.8) is 0 Å². The Hall–Kier alpha value is -3.20. The molecule has 8 nitrogen and oxygen atoms in total. The van der Waals surface area contributed by atoms with Gasteiger partial charge >= 0.3 is 0 Å². The van der Waals surface area contributed by atoms with Gasteiger partial charge in [-0.1, -0.05) is 0 Å². The lowest BCUT2D eigenvalue weighted by atomic mass is 10.2. The zero-order valence-corrected chi connectivity index (χ0v) is 15.5. The van der Waals surface area contributed by atoms with Gasteiger partial charge in [-0.15, -0.1) is 11.3 Å². The maximum atomic E-state index is 12.2. The molecule has 0 unspecified atom stereocenters. The SMILES string of the molecule is COc1ccc(C(=O)Nc2nc(C(=O)NCCCn3ccnc3)cs2)cc1. The number of rotatable bonds is 8. The van der Waals surface area contributed by atoms with E-state index in [1.807, 2.05) is 10.8 Å². The van der Waals surface area contributed by atoms with E-state index < -0.39 is 0 Å². The molecule has 0 atom stereocenters. The molecule has 1 aromatic carbocycles. The maximum absolute atomic E-state index is 12.2. The van der Waals surface area contributed by atoms with Crippen LogP contribution in [0.25, 0.3) is 0 Å². The van der Waals surface area contributed by atoms with Gasteiger partial charge in [0.2, 0.25) is 0 Å². The number of hydrogen-bond acceptors (Lipinski definition) is 6. The van der Waals surface area contributed by atoms with Crippen LogP contribution in [-0.4, -0.2) is 40.0 Å². The zero-order chi connectivity index (χ0) is 19.1. The predicted octanol–water partition coefficient (Wildman–Crippen LogP) is 2.42. The number of hydrogen-bond donors (Lipinski definition) is 2. The first-order chi connectivity index (χ1) is 13.2. The minimum absolute atomic E-state index is 0.262. The molecule has 2 N–H and O–H groups in total. The van der Waals surface area contributed by atoms with Gasteiger partial charge in [0.25, 0.3) is 11.8 Å². The maximum Gasteiger partial charge on any atom is 0.270 e. The first-order valence-electron chi connectivity index (χ1n) is 8.30. The highest BCUT2D eigenvalue weighted by Gasteiger charge is 2.13. The number of nitrogens with zero attached hydrogens (tertiary/aromatic N) is 3. The third kappa shape index (κ3) is 5.14. The van der Waals surface area contributed by atoms with E-state index >= 15 is 0 Å². The van der Waals surface area contributed by atoms with Crippen molar-refractivity contribution in [3.8, 4) is 5.75 Å². The fraction of sp³-hybridized carbons (Fsp3) is 0.222. The van der Waals surface area contributed by atoms with Gasteiger partial charge in [0.15, 0.2) is 5.13 Å². The second kappa shape index (κ2) is 8.95. The highest BCUT2D eigenvalue weighted by molar-refractivity contribution is 7.14. The third-order valence-corrected chi connectivity index (χ3v) is 4.51. The van der Waals surface area contributed by atoms with Crippen molar-refractivity contribution in [2.45, 2.75) is 13.0 Å². The van der Waals surface area contributed by atoms with Crippen LogP contribution in [0.15, 0.2) is 48.4 Å². The number of thiazole rings is 1. The van der Waals surface area contributed by atoms with Gasteiger partial charge in [0.05, 0.1) is 13.4 Å². The summed E-state index contributed by atoms with van der Waals surface area (Å²) in [5.74, 6) is 0.119. The normalized spacial score (nSPS) is 10.4. The highest BCUT2D eigenvalue weighted by Crippen LogP contribution is 2.17. The van der Waals surface area contributed by atoms with Crippen molar-refractivity contribution in [1.82, 2.24) is 19.9 Å². The number of carbonyl (C=O) groups excluding carboxylic acids is 2. The largest absolute Gasteiger partial charge is 0.497 e. The molecule has 0 saturated carbocycles. The fourth-order valence-corrected chi connectivity index (χ4v) is 3.01. The van der Waals surface area contributed by atoms with Crippen LogP contribution in [0.2, 0.25) is 0 Å². The van der Waals surface area contributed by atoms with Crippen LogP contribution < -0.4 is 15.4 Å². The van der Waals surface area contributed by atoms with Gasteiger partial charge < -0.3 is 14.6 Å². The number of carbonyl (C=O) groups is 2. The Labute approximate surface area is 160 Å². The van der Waals surface area contributed by atoms with Crippen molar-refractivity contribution in [2.24, 2.45) is 0 Å². The Morgan fingerprint density at radius 1 is 1.22 bits per heavy atom. The van der Waals surface area contributed by atoms with E-state index in [0.29, 0.717) is 23.0 Å². The summed E-state index contributed by atoms with van der Waals surface area (Å²) in [5.41, 5.74) is 0.768. The molecule has 0 aliphatic rings. The summed E-state index contributed by atoms with van der Waals surface area (Å²) in [7, 11) is 1.56. The number of anilines is 1. The summed E-state index contributed by atoms with van der Waals surface area (Å²) in [5, 5.41) is 7.51. The molecule has 0 aliphatic heterocycles. The highest BCUT2D eigenvalue weighted by atomic mass is 32.1. The van der Waals surface area contributed by atoms with Gasteiger partial charge in [0, 0.05) is 36.4 Å². The molecule has 2 aromatic heterocycles. The molecule has 0 saturated heterocycles. The summed E-state index contributed by atoms with van der Waals surface area (Å²) in [6.45, 7) is 1.31. The van der Waals surface area contributed by atoms with Crippen LogP contribution in [0.3, 0.4) is 0 Å². The summed E-state index contributed by atoms with van der Waals surface area (Å²) in [6, 6.07) is 6.74. The molecule has 0 aliphatic carbocycles. The second-order valence-electron chi connectivity index (χ2n) is 5.63. The van der Waals surface area contributed by atoms with Crippen molar-refractivity contribution in [2.75, 3.05) is 19.0 Å². The molecule has 3 aromatic rings. The number of aryl methyl sites for hydroxylation is 1. The van der Waals surface area contributed by atoms with E-state index in [0.717, 1.165) is 13.0 Å². The van der Waals surface area contributed by atoms with Gasteiger partial charge in [-0.3, -0.25) is 14.9 Å². The number of ether oxygens (including phenoxy) is 1. The van der Waals surface area contributed by atoms with Crippen LogP contribution >= 0.6 is 11.3 Å². The van der Waals surface area contributed by atoms with Gasteiger partial charge in [-0.05, 0) is 30.7 Å². The quantitative estimate of drug-likeness (QED) is 0.580. The van der Waals surface area contributed by atoms with E-state index in [1.165, 1.54) is 11.3 Å². The van der Waals surface area contributed by atoms with Gasteiger partial charge in [-0.2, -0.15) is 0 Å². The third-order valence-electron chi connectivity index (χ3n) is 3.75. The van der Waals surface area contributed by atoms with Crippen LogP contribution in [0.1, 0.15) is 27.3 Å². The number of imidazole rings is 1. The average Bonchev–Trinajstić information content (AvgIpc) is 3.37. The molecule has 2 amide bonds. The van der Waals surface area contributed by atoms with E-state index in [1.54, 1.807) is 49.3 Å². The van der Waals surface area contributed by atoms with E-state index in [2.05, 4.69) is 20.6 Å². The lowest BCUT2D eigenvalue weighted by molar-refractivity contribution is 0.0947. The predicted molar refractivity (Wildman–Crippen MR) is 102 cm³/mol. The number of methoxy groups -OCH3 is 1. The molecular weight excluding hydrogens is 366 g/mol. The Morgan fingerprint density at radius 2 is 2.04 bits per heavy atom. The molecule has 9 heteroatoms. The molecular formula is C18H19N5O3S. The first kappa shape index (κ1) is 18.6. The summed E-state index contributed by atoms with van der Waals surface area (Å²) >= 11 is 1.20. The fourth-order valence-electron chi connectivity index (χ4n) is 2.32. The van der Waals surface area contributed by atoms with Crippen molar-refractivity contribution >= 4 is 28.3 Å². The van der Waals surface area contributed by atoms with Crippen LogP contribution in [0.4, 0.5) is 5.13 Å². The van der Waals surface area contributed by atoms with Gasteiger partial charge in [0.1, 0.15) is 11.4 Å². The second-order valence-corrected chi connectivity index (χ2v) is 6.49. The molecule has 0 bridgehead atoms. The zero-order valence-electron chi connectivity index (χ0n) is 14.7. The molecule has 0 spiro atoms. The number of amides is 2. The number of aromatic nitrogens is 3. The van der Waals surface area contributed by atoms with Crippen LogP contribution in [0, 0.1) is 0 Å². The number of benzene rings is 1. The van der Waals surface area contributed by atoms with Crippen molar-refractivity contribution < 1.29 is 14.3 Å². The smallest absolute Gasteiger partial charge is 0.270 e. The summed E-state index contributed by atoms with van der Waals surface area (Å²) < 4.78 is 7.01. The number of nitrogens with one attached hydrogen (secondary N) is 2. The average molecular weight is 385 g/mol. The monoisotopic (exact) mass is 385 g/mol. The molecule has 2 heterocycles. The van der Waals surface area contributed by atoms with Crippen LogP contribution in [0.5, 0.6) is 5.75 Å². The van der Waals surface area contributed by atoms with Crippen molar-refractivity contribution in [3.05, 3.63) is 59.6 Å². The summed E-state index contributed by atoms with van der Waals surface area (Å²) in [4.78, 5) is 32.5. The molecule has 140 valence electrons. The molecule has 0 fully saturated rings. The Kier molecular flexibility index (Phi) is 6.16. The van der Waals surface area contributed by atoms with Crippen molar-refractivity contribution in [1.29, 1.82) is 0 Å². The van der Waals surface area contributed by atoms with Crippen LogP contribution in [-0.2, 0) is 6.54 Å². The molecule has 3 rings (SSSR count). The molecule has 27 heavy (non-hydrogen) atoms. The van der Waals surface area contributed by atoms with E-state index in [4.69, 9.17) is 4.74 Å². The van der Waals surface area contributed by atoms with Gasteiger partial charge in [-0.25, -0.2) is 9.97 Å². The Morgan fingerprint density at radius 3 is 2.74 bits per heavy atom. The van der Waals surface area contributed by atoms with E-state index in [9.17, 15) is 9.59 Å². The van der Waals surface area contributed by atoms with E-state index in [-0.39, 0.29) is 17.5 Å². The molecule has 0 radical (unpaired) electrons. The lowest BCUT2D eigenvalue weighted by Crippen LogP contribution is -2.25. The standard InChI is InChI=1S/C18H19N5O3S/c1-26-14-5-3-13(4-6-14)16(24)22-18-21-15(11-27-18)17(25)20-7-2-9-23-10-8-19-12-23/h3-6,8,10-12H,2,7,9H2,1H3,(H,20,25)(H,21,22,24). The lowest BCUT2D eigenvalue weighted by Gasteiger charge is -2.04. The first-order valence-corrected chi connectivity index (χ1v) is 9.18.